The van der Waals surface area contributed by atoms with Gasteiger partial charge in [0.2, 0.25) is 0 Å². The topological polar surface area (TPSA) is 78.6 Å². The molecule has 0 bridgehead atoms. The van der Waals surface area contributed by atoms with E-state index < -0.39 is 12.0 Å². The third-order valence-electron chi connectivity index (χ3n) is 2.76. The Morgan fingerprint density at radius 1 is 1.29 bits per heavy atom. The molecule has 0 aliphatic rings. The van der Waals surface area contributed by atoms with E-state index in [0.29, 0.717) is 18.6 Å². The largest absolute Gasteiger partial charge is 0.468 e. The Morgan fingerprint density at radius 3 is 2.52 bits per heavy atom. The lowest BCUT2D eigenvalue weighted by molar-refractivity contribution is -0.142. The molecule has 0 radical (unpaired) electrons. The van der Waals surface area contributed by atoms with Crippen LogP contribution >= 0.6 is 0 Å². The van der Waals surface area contributed by atoms with E-state index in [1.807, 2.05) is 26.8 Å². The van der Waals surface area contributed by atoms with Crippen molar-refractivity contribution in [1.82, 2.24) is 0 Å². The zero-order valence-electron chi connectivity index (χ0n) is 13.0. The maximum Gasteiger partial charge on any atom is 0.322 e. The van der Waals surface area contributed by atoms with E-state index >= 15 is 0 Å². The Bertz CT molecular complexity index is 505. The molecule has 0 heterocycles. The Balaban J connectivity index is 2.68. The second-order valence-corrected chi connectivity index (χ2v) is 6.19. The normalized spacial score (nSPS) is 12.6. The number of hydrogen-bond donors (Lipinski definition) is 1. The number of rotatable bonds is 5. The van der Waals surface area contributed by atoms with E-state index in [2.05, 4.69) is 4.74 Å². The summed E-state index contributed by atoms with van der Waals surface area (Å²) >= 11 is 0. The predicted molar refractivity (Wildman–Crippen MR) is 79.8 cm³/mol. The van der Waals surface area contributed by atoms with Gasteiger partial charge in [0.1, 0.15) is 11.8 Å². The minimum atomic E-state index is -0.726. The predicted octanol–water partition coefficient (Wildman–Crippen LogP) is 2.07. The number of methoxy groups -OCH3 is 1. The first-order valence-electron chi connectivity index (χ1n) is 6.84. The van der Waals surface area contributed by atoms with Crippen LogP contribution in [0.4, 0.5) is 0 Å². The lowest BCUT2D eigenvalue weighted by atomic mass is 9.92. The van der Waals surface area contributed by atoms with Crippen molar-refractivity contribution < 1.29 is 19.1 Å². The minimum Gasteiger partial charge on any atom is -0.468 e. The Kier molecular flexibility index (Phi) is 5.90. The van der Waals surface area contributed by atoms with Crippen molar-refractivity contribution in [1.29, 1.82) is 0 Å². The average molecular weight is 293 g/mol. The van der Waals surface area contributed by atoms with Crippen LogP contribution in [0.2, 0.25) is 0 Å². The summed E-state index contributed by atoms with van der Waals surface area (Å²) in [4.78, 5) is 23.1. The number of carbonyl (C=O) groups is 2. The van der Waals surface area contributed by atoms with Crippen LogP contribution < -0.4 is 10.5 Å². The number of nitrogens with two attached hydrogens (primary N) is 1. The van der Waals surface area contributed by atoms with E-state index in [0.717, 1.165) is 5.56 Å². The highest BCUT2D eigenvalue weighted by molar-refractivity contribution is 5.76. The summed E-state index contributed by atoms with van der Waals surface area (Å²) in [6.45, 7) is 5.92. The molecule has 0 amide bonds. The SMILES string of the molecule is COC(=O)[C@@H](N)Cc1cccc(OC(=O)CC(C)(C)C)c1. The maximum absolute atomic E-state index is 11.8. The Labute approximate surface area is 125 Å². The number of esters is 2. The number of benzene rings is 1. The summed E-state index contributed by atoms with van der Waals surface area (Å²) in [6.07, 6.45) is 0.663. The zero-order valence-corrected chi connectivity index (χ0v) is 13.0. The van der Waals surface area contributed by atoms with Gasteiger partial charge in [0.15, 0.2) is 0 Å². The zero-order chi connectivity index (χ0) is 16.0. The molecular formula is C16H23NO4. The van der Waals surface area contributed by atoms with Crippen LogP contribution in [0.5, 0.6) is 5.75 Å². The molecule has 21 heavy (non-hydrogen) atoms. The highest BCUT2D eigenvalue weighted by Gasteiger charge is 2.18. The fraction of sp³-hybridized carbons (Fsp3) is 0.500. The molecule has 0 aliphatic carbocycles. The van der Waals surface area contributed by atoms with Gasteiger partial charge < -0.3 is 15.2 Å². The van der Waals surface area contributed by atoms with Gasteiger partial charge in [0.05, 0.1) is 13.5 Å². The molecule has 0 fully saturated rings. The first kappa shape index (κ1) is 17.2. The van der Waals surface area contributed by atoms with Crippen molar-refractivity contribution >= 4 is 11.9 Å². The standard InChI is InChI=1S/C16H23NO4/c1-16(2,3)10-14(18)21-12-7-5-6-11(8-12)9-13(17)15(19)20-4/h5-8,13H,9-10,17H2,1-4H3/t13-/m0/s1. The summed E-state index contributed by atoms with van der Waals surface area (Å²) in [7, 11) is 1.30. The third kappa shape index (κ3) is 6.40. The van der Waals surface area contributed by atoms with Gasteiger partial charge in [-0.3, -0.25) is 9.59 Å². The summed E-state index contributed by atoms with van der Waals surface area (Å²) in [5, 5.41) is 0. The molecule has 0 aliphatic heterocycles. The average Bonchev–Trinajstić information content (AvgIpc) is 2.35. The minimum absolute atomic E-state index is 0.123. The van der Waals surface area contributed by atoms with Gasteiger partial charge in [-0.15, -0.1) is 0 Å². The molecule has 0 unspecified atom stereocenters. The van der Waals surface area contributed by atoms with Crippen molar-refractivity contribution in [2.75, 3.05) is 7.11 Å². The van der Waals surface area contributed by atoms with Crippen molar-refractivity contribution in [2.24, 2.45) is 11.1 Å². The summed E-state index contributed by atoms with van der Waals surface area (Å²) in [5.41, 5.74) is 6.40. The molecule has 1 aromatic carbocycles. The van der Waals surface area contributed by atoms with E-state index in [-0.39, 0.29) is 11.4 Å². The fourth-order valence-electron chi connectivity index (χ4n) is 1.83. The first-order chi connectivity index (χ1) is 9.71. The molecule has 0 saturated heterocycles. The Morgan fingerprint density at radius 2 is 1.95 bits per heavy atom. The number of hydrogen-bond acceptors (Lipinski definition) is 5. The van der Waals surface area contributed by atoms with E-state index in [1.54, 1.807) is 18.2 Å². The lowest BCUT2D eigenvalue weighted by Gasteiger charge is -2.16. The van der Waals surface area contributed by atoms with Crippen molar-refractivity contribution in [3.63, 3.8) is 0 Å². The van der Waals surface area contributed by atoms with Crippen LogP contribution in [0.25, 0.3) is 0 Å². The van der Waals surface area contributed by atoms with Crippen LogP contribution in [0.15, 0.2) is 24.3 Å². The van der Waals surface area contributed by atoms with Gasteiger partial charge in [-0.25, -0.2) is 0 Å². The van der Waals surface area contributed by atoms with Crippen LogP contribution in [-0.4, -0.2) is 25.1 Å². The highest BCUT2D eigenvalue weighted by Crippen LogP contribution is 2.21. The molecule has 0 aromatic heterocycles. The Hall–Kier alpha value is -1.88. The summed E-state index contributed by atoms with van der Waals surface area (Å²) in [6, 6.07) is 6.27. The van der Waals surface area contributed by atoms with Gasteiger partial charge >= 0.3 is 11.9 Å². The van der Waals surface area contributed by atoms with Crippen molar-refractivity contribution in [2.45, 2.75) is 39.7 Å². The van der Waals surface area contributed by atoms with Gasteiger partial charge in [-0.2, -0.15) is 0 Å². The van der Waals surface area contributed by atoms with Crippen molar-refractivity contribution in [3.05, 3.63) is 29.8 Å². The molecule has 0 spiro atoms. The maximum atomic E-state index is 11.8. The lowest BCUT2D eigenvalue weighted by Crippen LogP contribution is -2.33. The van der Waals surface area contributed by atoms with Gasteiger partial charge in [-0.05, 0) is 29.5 Å². The molecule has 5 heteroatoms. The second-order valence-electron chi connectivity index (χ2n) is 6.19. The third-order valence-corrected chi connectivity index (χ3v) is 2.76. The molecule has 1 rings (SSSR count). The van der Waals surface area contributed by atoms with Gasteiger partial charge in [0.25, 0.3) is 0 Å². The number of ether oxygens (including phenoxy) is 2. The van der Waals surface area contributed by atoms with Crippen molar-refractivity contribution in [3.8, 4) is 5.75 Å². The monoisotopic (exact) mass is 293 g/mol. The first-order valence-corrected chi connectivity index (χ1v) is 6.84. The van der Waals surface area contributed by atoms with Crippen LogP contribution in [0.1, 0.15) is 32.8 Å². The van der Waals surface area contributed by atoms with Gasteiger partial charge in [-0.1, -0.05) is 32.9 Å². The quantitative estimate of drug-likeness (QED) is 0.664. The molecule has 1 atom stereocenters. The highest BCUT2D eigenvalue weighted by atomic mass is 16.5. The van der Waals surface area contributed by atoms with E-state index in [4.69, 9.17) is 10.5 Å². The molecule has 0 saturated carbocycles. The summed E-state index contributed by atoms with van der Waals surface area (Å²) in [5.74, 6) is -0.291. The van der Waals surface area contributed by atoms with Crippen LogP contribution in [0.3, 0.4) is 0 Å². The van der Waals surface area contributed by atoms with Crippen LogP contribution in [0, 0.1) is 5.41 Å². The molecule has 2 N–H and O–H groups in total. The smallest absolute Gasteiger partial charge is 0.322 e. The number of carbonyl (C=O) groups excluding carboxylic acids is 2. The van der Waals surface area contributed by atoms with Crippen LogP contribution in [-0.2, 0) is 20.7 Å². The molecule has 5 nitrogen and oxygen atoms in total. The molecule has 1 aromatic rings. The van der Waals surface area contributed by atoms with Gasteiger partial charge in [0, 0.05) is 0 Å². The summed E-state index contributed by atoms with van der Waals surface area (Å²) < 4.78 is 9.89. The molecule has 116 valence electrons. The molecular weight excluding hydrogens is 270 g/mol. The fourth-order valence-corrected chi connectivity index (χ4v) is 1.83. The second kappa shape index (κ2) is 7.22. The van der Waals surface area contributed by atoms with E-state index in [1.165, 1.54) is 7.11 Å². The van der Waals surface area contributed by atoms with E-state index in [9.17, 15) is 9.59 Å².